The Morgan fingerprint density at radius 1 is 1.29 bits per heavy atom. The van der Waals surface area contributed by atoms with Crippen LogP contribution < -0.4 is 10.6 Å². The number of aryl methyl sites for hydroxylation is 1. The Balaban J connectivity index is 0.00000392. The summed E-state index contributed by atoms with van der Waals surface area (Å²) >= 11 is 0. The lowest BCUT2D eigenvalue weighted by molar-refractivity contribution is 0.0420. The number of likely N-dealkylation sites (N-methyl/N-ethyl adjacent to an activating group) is 1. The third kappa shape index (κ3) is 9.07. The molecule has 2 atom stereocenters. The van der Waals surface area contributed by atoms with Crippen molar-refractivity contribution in [3.8, 4) is 0 Å². The number of nitrogens with zero attached hydrogens (tertiary/aromatic N) is 2. The van der Waals surface area contributed by atoms with Gasteiger partial charge in [0.25, 0.3) is 0 Å². The van der Waals surface area contributed by atoms with Crippen LogP contribution in [0.3, 0.4) is 0 Å². The lowest BCUT2D eigenvalue weighted by Crippen LogP contribution is -2.39. The quantitative estimate of drug-likeness (QED) is 0.222. The molecule has 0 aliphatic carbocycles. The Kier molecular flexibility index (Phi) is 12.7. The van der Waals surface area contributed by atoms with Crippen LogP contribution in [0.5, 0.6) is 0 Å². The molecular formula is C21H37IN4O2. The van der Waals surface area contributed by atoms with Gasteiger partial charge in [-0.25, -0.2) is 0 Å². The number of ether oxygens (including phenoxy) is 2. The molecule has 2 unspecified atom stereocenters. The van der Waals surface area contributed by atoms with Gasteiger partial charge in [-0.15, -0.1) is 24.0 Å². The van der Waals surface area contributed by atoms with E-state index in [4.69, 9.17) is 14.5 Å². The van der Waals surface area contributed by atoms with Gasteiger partial charge in [0.2, 0.25) is 0 Å². The average Bonchev–Trinajstić information content (AvgIpc) is 3.16. The minimum atomic E-state index is 0. The molecule has 160 valence electrons. The highest BCUT2D eigenvalue weighted by Crippen LogP contribution is 2.19. The maximum atomic E-state index is 5.81. The topological polar surface area (TPSA) is 58.1 Å². The highest BCUT2D eigenvalue weighted by atomic mass is 127. The third-order valence-corrected chi connectivity index (χ3v) is 4.71. The molecule has 1 aliphatic rings. The van der Waals surface area contributed by atoms with Gasteiger partial charge in [-0.2, -0.15) is 0 Å². The predicted molar refractivity (Wildman–Crippen MR) is 127 cm³/mol. The third-order valence-electron chi connectivity index (χ3n) is 4.71. The molecule has 1 aromatic rings. The number of benzene rings is 1. The van der Waals surface area contributed by atoms with E-state index in [0.717, 1.165) is 51.7 Å². The fraction of sp³-hybridized carbons (Fsp3) is 0.667. The van der Waals surface area contributed by atoms with Crippen LogP contribution in [0.15, 0.2) is 29.3 Å². The van der Waals surface area contributed by atoms with Gasteiger partial charge in [0.1, 0.15) is 0 Å². The molecule has 2 N–H and O–H groups in total. The molecule has 0 bridgehead atoms. The van der Waals surface area contributed by atoms with Crippen molar-refractivity contribution >= 4 is 29.9 Å². The fourth-order valence-electron chi connectivity index (χ4n) is 3.05. The number of rotatable bonds is 10. The normalized spacial score (nSPS) is 18.0. The van der Waals surface area contributed by atoms with Gasteiger partial charge in [0.15, 0.2) is 5.96 Å². The van der Waals surface area contributed by atoms with Crippen LogP contribution in [0.25, 0.3) is 0 Å². The van der Waals surface area contributed by atoms with Crippen molar-refractivity contribution in [3.05, 3.63) is 35.4 Å². The summed E-state index contributed by atoms with van der Waals surface area (Å²) in [5.74, 6) is 0.862. The van der Waals surface area contributed by atoms with E-state index in [1.54, 1.807) is 0 Å². The van der Waals surface area contributed by atoms with E-state index in [2.05, 4.69) is 67.7 Å². The monoisotopic (exact) mass is 504 g/mol. The SMILES string of the molecule is CCNC(=NCC(c1ccc(C)cc1)N(C)C)NCCCOC1CCOC1.I. The van der Waals surface area contributed by atoms with Gasteiger partial charge in [0, 0.05) is 26.3 Å². The summed E-state index contributed by atoms with van der Waals surface area (Å²) in [5.41, 5.74) is 2.57. The van der Waals surface area contributed by atoms with Gasteiger partial charge in [0.05, 0.1) is 25.3 Å². The summed E-state index contributed by atoms with van der Waals surface area (Å²) < 4.78 is 11.1. The molecule has 6 nitrogen and oxygen atoms in total. The van der Waals surface area contributed by atoms with E-state index < -0.39 is 0 Å². The van der Waals surface area contributed by atoms with Gasteiger partial charge < -0.3 is 25.0 Å². The minimum Gasteiger partial charge on any atom is -0.379 e. The van der Waals surface area contributed by atoms with E-state index >= 15 is 0 Å². The molecule has 1 aromatic carbocycles. The van der Waals surface area contributed by atoms with Crippen LogP contribution in [-0.2, 0) is 9.47 Å². The molecule has 1 aliphatic heterocycles. The molecule has 28 heavy (non-hydrogen) atoms. The van der Waals surface area contributed by atoms with Crippen LogP contribution in [0.2, 0.25) is 0 Å². The van der Waals surface area contributed by atoms with Crippen molar-refractivity contribution in [1.29, 1.82) is 0 Å². The van der Waals surface area contributed by atoms with Crippen molar-refractivity contribution in [2.24, 2.45) is 4.99 Å². The second-order valence-electron chi connectivity index (χ2n) is 7.25. The molecule has 1 saturated heterocycles. The summed E-state index contributed by atoms with van der Waals surface area (Å²) in [6.45, 7) is 8.92. The van der Waals surface area contributed by atoms with Crippen molar-refractivity contribution in [2.75, 3.05) is 53.6 Å². The van der Waals surface area contributed by atoms with Gasteiger partial charge >= 0.3 is 0 Å². The van der Waals surface area contributed by atoms with Crippen molar-refractivity contribution in [1.82, 2.24) is 15.5 Å². The summed E-state index contributed by atoms with van der Waals surface area (Å²) in [7, 11) is 4.20. The number of aliphatic imine (C=N–C) groups is 1. The lowest BCUT2D eigenvalue weighted by Gasteiger charge is -2.24. The molecule has 7 heteroatoms. The zero-order valence-electron chi connectivity index (χ0n) is 17.7. The summed E-state index contributed by atoms with van der Waals surface area (Å²) in [6, 6.07) is 8.97. The van der Waals surface area contributed by atoms with Crippen molar-refractivity contribution < 1.29 is 9.47 Å². The maximum absolute atomic E-state index is 5.81. The number of nitrogens with one attached hydrogen (secondary N) is 2. The van der Waals surface area contributed by atoms with Crippen molar-refractivity contribution in [2.45, 2.75) is 38.8 Å². The molecular weight excluding hydrogens is 467 g/mol. The first kappa shape index (κ1) is 25.1. The second kappa shape index (κ2) is 14.1. The van der Waals surface area contributed by atoms with Crippen LogP contribution in [0.1, 0.15) is 36.9 Å². The number of halogens is 1. The molecule has 0 amide bonds. The largest absolute Gasteiger partial charge is 0.379 e. The Morgan fingerprint density at radius 2 is 2.04 bits per heavy atom. The molecule has 0 radical (unpaired) electrons. The molecule has 1 heterocycles. The maximum Gasteiger partial charge on any atom is 0.191 e. The van der Waals surface area contributed by atoms with Gasteiger partial charge in [-0.05, 0) is 46.3 Å². The highest BCUT2D eigenvalue weighted by Gasteiger charge is 2.15. The predicted octanol–water partition coefficient (Wildman–Crippen LogP) is 2.97. The number of hydrogen-bond acceptors (Lipinski definition) is 4. The average molecular weight is 504 g/mol. The summed E-state index contributed by atoms with van der Waals surface area (Å²) in [4.78, 5) is 7.02. The van der Waals surface area contributed by atoms with Crippen LogP contribution in [0, 0.1) is 6.92 Å². The summed E-state index contributed by atoms with van der Waals surface area (Å²) in [5, 5.41) is 6.74. The Hall–Kier alpha value is -0.900. The Labute approximate surface area is 187 Å². The molecule has 1 fully saturated rings. The molecule has 0 spiro atoms. The van der Waals surface area contributed by atoms with Crippen LogP contribution >= 0.6 is 24.0 Å². The molecule has 0 saturated carbocycles. The van der Waals surface area contributed by atoms with Crippen LogP contribution in [0.4, 0.5) is 0 Å². The first-order chi connectivity index (χ1) is 13.1. The Morgan fingerprint density at radius 3 is 2.64 bits per heavy atom. The lowest BCUT2D eigenvalue weighted by atomic mass is 10.0. The van der Waals surface area contributed by atoms with E-state index in [1.807, 2.05) is 0 Å². The fourth-order valence-corrected chi connectivity index (χ4v) is 3.05. The Bertz CT molecular complexity index is 560. The standard InChI is InChI=1S/C21H36N4O2.HI/c1-5-22-21(23-12-6-13-27-19-11-14-26-16-19)24-15-20(25(3)4)18-9-7-17(2)8-10-18;/h7-10,19-20H,5-6,11-16H2,1-4H3,(H2,22,23,24);1H. The van der Waals surface area contributed by atoms with E-state index in [0.29, 0.717) is 6.54 Å². The van der Waals surface area contributed by atoms with E-state index in [1.165, 1.54) is 11.1 Å². The smallest absolute Gasteiger partial charge is 0.191 e. The second-order valence-corrected chi connectivity index (χ2v) is 7.25. The zero-order valence-corrected chi connectivity index (χ0v) is 20.1. The first-order valence-corrected chi connectivity index (χ1v) is 10.0. The number of guanidine groups is 1. The first-order valence-electron chi connectivity index (χ1n) is 10.0. The van der Waals surface area contributed by atoms with E-state index in [-0.39, 0.29) is 36.1 Å². The molecule has 0 aromatic heterocycles. The highest BCUT2D eigenvalue weighted by molar-refractivity contribution is 14.0. The zero-order chi connectivity index (χ0) is 19.5. The van der Waals surface area contributed by atoms with Gasteiger partial charge in [-0.3, -0.25) is 4.99 Å². The summed E-state index contributed by atoms with van der Waals surface area (Å²) in [6.07, 6.45) is 2.25. The molecule has 2 rings (SSSR count). The van der Waals surface area contributed by atoms with E-state index in [9.17, 15) is 0 Å². The number of hydrogen-bond donors (Lipinski definition) is 2. The van der Waals surface area contributed by atoms with Crippen molar-refractivity contribution in [3.63, 3.8) is 0 Å². The minimum absolute atomic E-state index is 0. The van der Waals surface area contributed by atoms with Crippen LogP contribution in [-0.4, -0.2) is 70.5 Å². The van der Waals surface area contributed by atoms with Gasteiger partial charge in [-0.1, -0.05) is 29.8 Å².